The van der Waals surface area contributed by atoms with E-state index in [1.807, 2.05) is 30.3 Å². The van der Waals surface area contributed by atoms with Gasteiger partial charge in [-0.1, -0.05) is 23.4 Å². The van der Waals surface area contributed by atoms with Crippen LogP contribution in [-0.2, 0) is 9.47 Å². The van der Waals surface area contributed by atoms with Crippen molar-refractivity contribution in [2.24, 2.45) is 0 Å². The number of likely N-dealkylation sites (tertiary alicyclic amines) is 1. The van der Waals surface area contributed by atoms with E-state index in [4.69, 9.17) is 9.47 Å². The van der Waals surface area contributed by atoms with Crippen LogP contribution < -0.4 is 0 Å². The smallest absolute Gasteiger partial charge is 0.276 e. The molecule has 1 amide bonds. The lowest BCUT2D eigenvalue weighted by Gasteiger charge is -2.37. The standard InChI is InChI=1S/C16H18N4O3/c21-15(19-8-6-16(7-9-19)22-10-11-23-16)14-12-20(18-17-14)13-4-2-1-3-5-13/h1-5,12H,6-11H2. The van der Waals surface area contributed by atoms with Gasteiger partial charge in [0.15, 0.2) is 11.5 Å². The predicted octanol–water partition coefficient (Wildman–Crippen LogP) is 1.25. The molecule has 0 atom stereocenters. The predicted molar refractivity (Wildman–Crippen MR) is 81.1 cm³/mol. The zero-order chi connectivity index (χ0) is 15.7. The van der Waals surface area contributed by atoms with Crippen molar-refractivity contribution < 1.29 is 14.3 Å². The zero-order valence-corrected chi connectivity index (χ0v) is 12.7. The Morgan fingerprint density at radius 2 is 1.78 bits per heavy atom. The zero-order valence-electron chi connectivity index (χ0n) is 12.7. The van der Waals surface area contributed by atoms with E-state index >= 15 is 0 Å². The first-order valence-electron chi connectivity index (χ1n) is 7.81. The maximum absolute atomic E-state index is 12.6. The molecule has 4 rings (SSSR count). The first-order chi connectivity index (χ1) is 11.3. The number of aromatic nitrogens is 3. The molecule has 0 radical (unpaired) electrons. The van der Waals surface area contributed by atoms with Gasteiger partial charge in [-0.05, 0) is 12.1 Å². The van der Waals surface area contributed by atoms with Crippen molar-refractivity contribution in [3.8, 4) is 5.69 Å². The molecule has 0 aliphatic carbocycles. The number of amides is 1. The lowest BCUT2D eigenvalue weighted by atomic mass is 10.0. The third kappa shape index (κ3) is 2.73. The molecule has 3 heterocycles. The van der Waals surface area contributed by atoms with Crippen molar-refractivity contribution >= 4 is 5.91 Å². The highest BCUT2D eigenvalue weighted by molar-refractivity contribution is 5.92. The molecule has 2 aromatic rings. The molecule has 7 heteroatoms. The van der Waals surface area contributed by atoms with E-state index in [1.165, 1.54) is 0 Å². The summed E-state index contributed by atoms with van der Waals surface area (Å²) in [5.74, 6) is -0.571. The lowest BCUT2D eigenvalue weighted by molar-refractivity contribution is -0.181. The summed E-state index contributed by atoms with van der Waals surface area (Å²) in [5, 5.41) is 8.06. The van der Waals surface area contributed by atoms with Gasteiger partial charge >= 0.3 is 0 Å². The van der Waals surface area contributed by atoms with Crippen LogP contribution in [0.1, 0.15) is 23.3 Å². The number of rotatable bonds is 2. The summed E-state index contributed by atoms with van der Waals surface area (Å²) in [7, 11) is 0. The Hall–Kier alpha value is -2.25. The number of benzene rings is 1. The van der Waals surface area contributed by atoms with Gasteiger partial charge in [-0.25, -0.2) is 4.68 Å². The minimum absolute atomic E-state index is 0.0972. The normalized spacial score (nSPS) is 20.1. The van der Waals surface area contributed by atoms with Crippen LogP contribution in [0, 0.1) is 0 Å². The minimum Gasteiger partial charge on any atom is -0.347 e. The van der Waals surface area contributed by atoms with Crippen molar-refractivity contribution in [2.75, 3.05) is 26.3 Å². The molecule has 0 N–H and O–H groups in total. The number of carbonyl (C=O) groups excluding carboxylic acids is 1. The van der Waals surface area contributed by atoms with Gasteiger partial charge in [-0.2, -0.15) is 0 Å². The topological polar surface area (TPSA) is 69.5 Å². The van der Waals surface area contributed by atoms with Crippen molar-refractivity contribution in [2.45, 2.75) is 18.6 Å². The first-order valence-corrected chi connectivity index (χ1v) is 7.81. The molecule has 2 fully saturated rings. The molecular weight excluding hydrogens is 296 g/mol. The van der Waals surface area contributed by atoms with Crippen LogP contribution in [0.2, 0.25) is 0 Å². The van der Waals surface area contributed by atoms with Gasteiger partial charge in [0.2, 0.25) is 0 Å². The minimum atomic E-state index is -0.474. The molecule has 120 valence electrons. The summed E-state index contributed by atoms with van der Waals surface area (Å²) in [6.45, 7) is 2.49. The largest absolute Gasteiger partial charge is 0.347 e. The van der Waals surface area contributed by atoms with Gasteiger partial charge in [-0.15, -0.1) is 5.10 Å². The highest BCUT2D eigenvalue weighted by Crippen LogP contribution is 2.31. The van der Waals surface area contributed by atoms with E-state index in [9.17, 15) is 4.79 Å². The lowest BCUT2D eigenvalue weighted by Crippen LogP contribution is -2.47. The summed E-state index contributed by atoms with van der Waals surface area (Å²) in [6.07, 6.45) is 3.07. The first kappa shape index (κ1) is 14.3. The van der Waals surface area contributed by atoms with Crippen molar-refractivity contribution in [1.82, 2.24) is 19.9 Å². The second-order valence-electron chi connectivity index (χ2n) is 5.78. The van der Waals surface area contributed by atoms with Gasteiger partial charge < -0.3 is 14.4 Å². The van der Waals surface area contributed by atoms with E-state index in [2.05, 4.69) is 10.3 Å². The number of para-hydroxylation sites is 1. The number of ether oxygens (including phenoxy) is 2. The fourth-order valence-electron chi connectivity index (χ4n) is 3.07. The van der Waals surface area contributed by atoms with Gasteiger partial charge in [0, 0.05) is 25.9 Å². The van der Waals surface area contributed by atoms with Gasteiger partial charge in [-0.3, -0.25) is 4.79 Å². The molecule has 2 aliphatic rings. The van der Waals surface area contributed by atoms with E-state index in [0.29, 0.717) is 44.8 Å². The Bertz CT molecular complexity index is 684. The Balaban J connectivity index is 1.45. The van der Waals surface area contributed by atoms with Gasteiger partial charge in [0.05, 0.1) is 25.1 Å². The number of hydrogen-bond donors (Lipinski definition) is 0. The molecule has 7 nitrogen and oxygen atoms in total. The summed E-state index contributed by atoms with van der Waals surface area (Å²) < 4.78 is 13.0. The van der Waals surface area contributed by atoms with Crippen LogP contribution in [0.25, 0.3) is 5.69 Å². The molecule has 1 aromatic carbocycles. The third-order valence-electron chi connectivity index (χ3n) is 4.36. The molecule has 0 unspecified atom stereocenters. The molecule has 0 bridgehead atoms. The molecule has 23 heavy (non-hydrogen) atoms. The third-order valence-corrected chi connectivity index (χ3v) is 4.36. The van der Waals surface area contributed by atoms with E-state index in [1.54, 1.807) is 15.8 Å². The Kier molecular flexibility index (Phi) is 3.59. The van der Waals surface area contributed by atoms with Gasteiger partial charge in [0.25, 0.3) is 5.91 Å². The van der Waals surface area contributed by atoms with Gasteiger partial charge in [0.1, 0.15) is 0 Å². The fraction of sp³-hybridized carbons (Fsp3) is 0.438. The van der Waals surface area contributed by atoms with Crippen LogP contribution in [0.4, 0.5) is 0 Å². The van der Waals surface area contributed by atoms with Crippen LogP contribution in [0.15, 0.2) is 36.5 Å². The van der Waals surface area contributed by atoms with Crippen LogP contribution >= 0.6 is 0 Å². The molecule has 0 saturated carbocycles. The summed E-state index contributed by atoms with van der Waals surface area (Å²) in [5.41, 5.74) is 1.24. The number of hydrogen-bond acceptors (Lipinski definition) is 5. The van der Waals surface area contributed by atoms with Crippen LogP contribution in [-0.4, -0.2) is 57.9 Å². The quantitative estimate of drug-likeness (QED) is 0.834. The van der Waals surface area contributed by atoms with Crippen molar-refractivity contribution in [3.05, 3.63) is 42.2 Å². The number of piperidine rings is 1. The molecule has 2 aliphatic heterocycles. The second kappa shape index (κ2) is 5.75. The van der Waals surface area contributed by atoms with Crippen molar-refractivity contribution in [1.29, 1.82) is 0 Å². The molecule has 1 spiro atoms. The summed E-state index contributed by atoms with van der Waals surface area (Å²) in [4.78, 5) is 14.4. The maximum atomic E-state index is 12.6. The van der Waals surface area contributed by atoms with E-state index < -0.39 is 5.79 Å². The summed E-state index contributed by atoms with van der Waals surface area (Å²) in [6, 6.07) is 9.61. The Morgan fingerprint density at radius 3 is 2.48 bits per heavy atom. The highest BCUT2D eigenvalue weighted by Gasteiger charge is 2.41. The average Bonchev–Trinajstić information content (AvgIpc) is 3.26. The van der Waals surface area contributed by atoms with E-state index in [-0.39, 0.29) is 5.91 Å². The Morgan fingerprint density at radius 1 is 1.09 bits per heavy atom. The van der Waals surface area contributed by atoms with Crippen molar-refractivity contribution in [3.63, 3.8) is 0 Å². The molecule has 1 aromatic heterocycles. The highest BCUT2D eigenvalue weighted by atomic mass is 16.7. The van der Waals surface area contributed by atoms with Crippen LogP contribution in [0.5, 0.6) is 0 Å². The fourth-order valence-corrected chi connectivity index (χ4v) is 3.07. The molecular formula is C16H18N4O3. The molecule has 2 saturated heterocycles. The SMILES string of the molecule is O=C(c1cn(-c2ccccc2)nn1)N1CCC2(CC1)OCCO2. The van der Waals surface area contributed by atoms with Crippen LogP contribution in [0.3, 0.4) is 0 Å². The monoisotopic (exact) mass is 314 g/mol. The Labute approximate surface area is 133 Å². The summed E-state index contributed by atoms with van der Waals surface area (Å²) >= 11 is 0. The maximum Gasteiger partial charge on any atom is 0.276 e. The average molecular weight is 314 g/mol. The number of carbonyl (C=O) groups is 1. The number of nitrogens with zero attached hydrogens (tertiary/aromatic N) is 4. The second-order valence-corrected chi connectivity index (χ2v) is 5.78. The van der Waals surface area contributed by atoms with E-state index in [0.717, 1.165) is 5.69 Å².